The Morgan fingerprint density at radius 2 is 2.15 bits per heavy atom. The van der Waals surface area contributed by atoms with Crippen molar-refractivity contribution in [3.63, 3.8) is 0 Å². The van der Waals surface area contributed by atoms with Gasteiger partial charge in [-0.05, 0) is 37.6 Å². The van der Waals surface area contributed by atoms with Gasteiger partial charge in [-0.2, -0.15) is 0 Å². The Balaban J connectivity index is 1.95. The Labute approximate surface area is 166 Å². The summed E-state index contributed by atoms with van der Waals surface area (Å²) in [5, 5.41) is 17.2. The molecule has 0 saturated carbocycles. The third-order valence-corrected chi connectivity index (χ3v) is 5.29. The molecule has 0 spiro atoms. The van der Waals surface area contributed by atoms with E-state index in [2.05, 4.69) is 52.2 Å². The molecule has 2 aromatic rings. The van der Waals surface area contributed by atoms with Crippen molar-refractivity contribution in [2.75, 3.05) is 13.2 Å². The highest BCUT2D eigenvalue weighted by Gasteiger charge is 2.13. The summed E-state index contributed by atoms with van der Waals surface area (Å²) in [5.74, 6) is 3.01. The predicted molar refractivity (Wildman–Crippen MR) is 111 cm³/mol. The van der Waals surface area contributed by atoms with Gasteiger partial charge >= 0.3 is 0 Å². The van der Waals surface area contributed by atoms with Crippen LogP contribution in [0.3, 0.4) is 0 Å². The summed E-state index contributed by atoms with van der Waals surface area (Å²) >= 11 is 1.73. The molecule has 0 aliphatic rings. The normalized spacial score (nSPS) is 13.2. The van der Waals surface area contributed by atoms with Crippen molar-refractivity contribution < 1.29 is 4.74 Å². The number of hydrogen-bond donors (Lipinski definition) is 2. The first-order chi connectivity index (χ1) is 13.0. The summed E-state index contributed by atoms with van der Waals surface area (Å²) in [6.07, 6.45) is 1.19. The van der Waals surface area contributed by atoms with Crippen LogP contribution in [0.15, 0.2) is 22.5 Å². The lowest BCUT2D eigenvalue weighted by Crippen LogP contribution is -2.39. The Hall–Kier alpha value is -1.93. The number of aryl methyl sites for hydroxylation is 1. The molecule has 2 N–H and O–H groups in total. The number of guanidine groups is 1. The fraction of sp³-hybridized carbons (Fsp3) is 0.632. The molecule has 27 heavy (non-hydrogen) atoms. The smallest absolute Gasteiger partial charge is 0.192 e. The van der Waals surface area contributed by atoms with Gasteiger partial charge in [0.2, 0.25) is 0 Å². The van der Waals surface area contributed by atoms with Gasteiger partial charge in [-0.25, -0.2) is 4.99 Å². The zero-order valence-electron chi connectivity index (χ0n) is 17.0. The summed E-state index contributed by atoms with van der Waals surface area (Å²) in [5.41, 5.74) is 0. The van der Waals surface area contributed by atoms with Gasteiger partial charge in [0.25, 0.3) is 0 Å². The zero-order valence-corrected chi connectivity index (χ0v) is 17.8. The van der Waals surface area contributed by atoms with E-state index in [1.165, 1.54) is 4.88 Å². The van der Waals surface area contributed by atoms with E-state index in [1.54, 1.807) is 11.3 Å². The molecule has 2 aromatic heterocycles. The molecular weight excluding hydrogens is 360 g/mol. The fourth-order valence-corrected chi connectivity index (χ4v) is 3.30. The Morgan fingerprint density at radius 1 is 1.33 bits per heavy atom. The number of aliphatic imine (C=N–C) groups is 1. The molecular formula is C19H32N6OS. The maximum atomic E-state index is 5.83. The highest BCUT2D eigenvalue weighted by Crippen LogP contribution is 2.10. The van der Waals surface area contributed by atoms with Gasteiger partial charge in [0.05, 0.1) is 12.6 Å². The number of ether oxygens (including phenoxy) is 1. The van der Waals surface area contributed by atoms with Crippen LogP contribution < -0.4 is 10.6 Å². The highest BCUT2D eigenvalue weighted by molar-refractivity contribution is 7.09. The first-order valence-electron chi connectivity index (χ1n) is 9.52. The van der Waals surface area contributed by atoms with Crippen LogP contribution in [0, 0.1) is 12.8 Å². The molecule has 8 heteroatoms. The maximum absolute atomic E-state index is 5.83. The summed E-state index contributed by atoms with van der Waals surface area (Å²) in [4.78, 5) is 5.96. The first-order valence-corrected chi connectivity index (χ1v) is 10.4. The number of nitrogens with zero attached hydrogens (tertiary/aromatic N) is 4. The second-order valence-electron chi connectivity index (χ2n) is 6.77. The van der Waals surface area contributed by atoms with Crippen LogP contribution in [-0.2, 0) is 24.9 Å². The van der Waals surface area contributed by atoms with Crippen molar-refractivity contribution >= 4 is 17.3 Å². The SMILES string of the molecule is CCOC(CCNC(=NCc1nnc(C)n1C)NCc1cccs1)C(C)C. The average molecular weight is 393 g/mol. The predicted octanol–water partition coefficient (Wildman–Crippen LogP) is 2.87. The van der Waals surface area contributed by atoms with Gasteiger partial charge in [-0.3, -0.25) is 0 Å². The topological polar surface area (TPSA) is 76.4 Å². The van der Waals surface area contributed by atoms with Gasteiger partial charge in [0.15, 0.2) is 11.8 Å². The summed E-state index contributed by atoms with van der Waals surface area (Å²) in [7, 11) is 1.96. The molecule has 0 saturated heterocycles. The van der Waals surface area contributed by atoms with E-state index < -0.39 is 0 Å². The molecule has 0 amide bonds. The van der Waals surface area contributed by atoms with E-state index in [-0.39, 0.29) is 6.10 Å². The lowest BCUT2D eigenvalue weighted by molar-refractivity contribution is 0.0258. The maximum Gasteiger partial charge on any atom is 0.192 e. The van der Waals surface area contributed by atoms with Crippen LogP contribution in [0.2, 0.25) is 0 Å². The molecule has 0 fully saturated rings. The summed E-state index contributed by atoms with van der Waals surface area (Å²) in [6.45, 7) is 11.1. The molecule has 7 nitrogen and oxygen atoms in total. The third kappa shape index (κ3) is 6.95. The Kier molecular flexibility index (Phi) is 8.74. The van der Waals surface area contributed by atoms with E-state index in [1.807, 2.05) is 25.5 Å². The molecule has 150 valence electrons. The molecule has 0 aromatic carbocycles. The van der Waals surface area contributed by atoms with Crippen LogP contribution in [0.1, 0.15) is 43.7 Å². The highest BCUT2D eigenvalue weighted by atomic mass is 32.1. The molecule has 0 aliphatic heterocycles. The van der Waals surface area contributed by atoms with Crippen molar-refractivity contribution in [2.45, 2.75) is 53.3 Å². The quantitative estimate of drug-likeness (QED) is 0.480. The van der Waals surface area contributed by atoms with Crippen LogP contribution in [0.5, 0.6) is 0 Å². The van der Waals surface area contributed by atoms with Crippen LogP contribution in [0.4, 0.5) is 0 Å². The summed E-state index contributed by atoms with van der Waals surface area (Å²) < 4.78 is 7.79. The number of thiophene rings is 1. The van der Waals surface area contributed by atoms with Crippen LogP contribution in [-0.4, -0.2) is 40.0 Å². The molecule has 0 radical (unpaired) electrons. The van der Waals surface area contributed by atoms with Crippen molar-refractivity contribution in [2.24, 2.45) is 18.0 Å². The summed E-state index contributed by atoms with van der Waals surface area (Å²) in [6, 6.07) is 4.18. The lowest BCUT2D eigenvalue weighted by Gasteiger charge is -2.21. The number of nitrogens with one attached hydrogen (secondary N) is 2. The van der Waals surface area contributed by atoms with E-state index >= 15 is 0 Å². The van der Waals surface area contributed by atoms with Crippen molar-refractivity contribution in [3.8, 4) is 0 Å². The number of aromatic nitrogens is 3. The molecule has 1 unspecified atom stereocenters. The molecule has 0 aliphatic carbocycles. The molecule has 2 heterocycles. The molecule has 0 bridgehead atoms. The monoisotopic (exact) mass is 392 g/mol. The van der Waals surface area contributed by atoms with Crippen molar-refractivity contribution in [1.82, 2.24) is 25.4 Å². The Bertz CT molecular complexity index is 695. The number of rotatable bonds is 10. The van der Waals surface area contributed by atoms with Crippen LogP contribution in [0.25, 0.3) is 0 Å². The lowest BCUT2D eigenvalue weighted by atomic mass is 10.0. The average Bonchev–Trinajstić information content (AvgIpc) is 3.27. The largest absolute Gasteiger partial charge is 0.378 e. The number of hydrogen-bond acceptors (Lipinski definition) is 5. The first kappa shape index (κ1) is 21.4. The van der Waals surface area contributed by atoms with Crippen molar-refractivity contribution in [1.29, 1.82) is 0 Å². The molecule has 1 atom stereocenters. The van der Waals surface area contributed by atoms with Gasteiger partial charge in [-0.15, -0.1) is 21.5 Å². The second-order valence-corrected chi connectivity index (χ2v) is 7.81. The van der Waals surface area contributed by atoms with Gasteiger partial charge in [0.1, 0.15) is 12.4 Å². The van der Waals surface area contributed by atoms with E-state index in [0.29, 0.717) is 12.5 Å². The standard InChI is InChI=1S/C19H32N6OS/c1-6-26-17(14(2)3)9-10-20-19(21-12-16-8-7-11-27-16)22-13-18-24-23-15(4)25(18)5/h7-8,11,14,17H,6,9-10,12-13H2,1-5H3,(H2,20,21,22). The van der Waals surface area contributed by atoms with Crippen LogP contribution >= 0.6 is 11.3 Å². The minimum Gasteiger partial charge on any atom is -0.378 e. The van der Waals surface area contributed by atoms with Gasteiger partial charge in [-0.1, -0.05) is 19.9 Å². The van der Waals surface area contributed by atoms with Gasteiger partial charge < -0.3 is 19.9 Å². The van der Waals surface area contributed by atoms with Crippen molar-refractivity contribution in [3.05, 3.63) is 34.0 Å². The minimum atomic E-state index is 0.252. The van der Waals surface area contributed by atoms with Gasteiger partial charge in [0, 0.05) is 25.1 Å². The Morgan fingerprint density at radius 3 is 2.74 bits per heavy atom. The third-order valence-electron chi connectivity index (χ3n) is 4.42. The van der Waals surface area contributed by atoms with E-state index in [9.17, 15) is 0 Å². The van der Waals surface area contributed by atoms with E-state index in [0.717, 1.165) is 43.7 Å². The zero-order chi connectivity index (χ0) is 19.6. The second kappa shape index (κ2) is 11.0. The minimum absolute atomic E-state index is 0.252. The fourth-order valence-electron chi connectivity index (χ4n) is 2.65. The molecule has 2 rings (SSSR count). The van der Waals surface area contributed by atoms with E-state index in [4.69, 9.17) is 9.73 Å².